The summed E-state index contributed by atoms with van der Waals surface area (Å²) in [6, 6.07) is 13.5. The van der Waals surface area contributed by atoms with Crippen molar-refractivity contribution in [1.29, 1.82) is 0 Å². The molecule has 1 N–H and O–H groups in total. The number of benzene rings is 2. The molecule has 0 fully saturated rings. The molecule has 8 heteroatoms. The van der Waals surface area contributed by atoms with E-state index in [9.17, 15) is 4.79 Å². The smallest absolute Gasteiger partial charge is 0.260 e. The molecule has 2 aromatic heterocycles. The number of hydrogen-bond acceptors (Lipinski definition) is 6. The molecule has 38 heavy (non-hydrogen) atoms. The highest BCUT2D eigenvalue weighted by Crippen LogP contribution is 2.43. The Kier molecular flexibility index (Phi) is 7.82. The fourth-order valence-electron chi connectivity index (χ4n) is 5.00. The Bertz CT molecular complexity index is 1490. The van der Waals surface area contributed by atoms with Crippen LogP contribution in [0.3, 0.4) is 0 Å². The molecule has 0 spiro atoms. The highest BCUT2D eigenvalue weighted by Gasteiger charge is 2.31. The predicted molar refractivity (Wildman–Crippen MR) is 157 cm³/mol. The molecule has 200 valence electrons. The zero-order valence-electron chi connectivity index (χ0n) is 22.2. The van der Waals surface area contributed by atoms with Crippen molar-refractivity contribution >= 4 is 37.5 Å². The van der Waals surface area contributed by atoms with E-state index in [0.29, 0.717) is 36.5 Å². The molecular formula is C30H33BrN2O4S. The highest BCUT2D eigenvalue weighted by molar-refractivity contribution is 9.10. The van der Waals surface area contributed by atoms with Crippen molar-refractivity contribution in [3.05, 3.63) is 67.7 Å². The molecule has 5 rings (SSSR count). The number of aromatic nitrogens is 2. The monoisotopic (exact) mass is 596 g/mol. The first-order valence-electron chi connectivity index (χ1n) is 13.0. The van der Waals surface area contributed by atoms with Gasteiger partial charge in [-0.3, -0.25) is 4.79 Å². The number of aryl methyl sites for hydroxylation is 1. The summed E-state index contributed by atoms with van der Waals surface area (Å²) in [6.45, 7) is 7.93. The summed E-state index contributed by atoms with van der Waals surface area (Å²) in [7, 11) is 1.61. The standard InChI is InChI=1S/C30H33BrN2O4S/c1-30(2,3)19-11-12-21-24(17-19)38-29-25(21)28(34)32-27(33-29)18-15-22(31)26(23(16-18)35-4)37-14-8-13-36-20-9-6-5-7-10-20/h5-7,9-10,15-16,19H,8,11-14,17H2,1-4H3,(H,32,33,34)/t19-/m1/s1. The Morgan fingerprint density at radius 2 is 1.89 bits per heavy atom. The number of para-hydroxylation sites is 1. The maximum atomic E-state index is 13.2. The van der Waals surface area contributed by atoms with Crippen molar-refractivity contribution in [2.45, 2.75) is 46.5 Å². The van der Waals surface area contributed by atoms with E-state index in [1.165, 1.54) is 10.4 Å². The molecule has 2 heterocycles. The van der Waals surface area contributed by atoms with E-state index in [0.717, 1.165) is 51.7 Å². The zero-order valence-corrected chi connectivity index (χ0v) is 24.6. The van der Waals surface area contributed by atoms with Crippen molar-refractivity contribution < 1.29 is 14.2 Å². The minimum absolute atomic E-state index is 0.0782. The number of nitrogens with one attached hydrogen (secondary N) is 1. The molecule has 0 saturated heterocycles. The molecule has 1 aliphatic carbocycles. The topological polar surface area (TPSA) is 73.4 Å². The first-order valence-corrected chi connectivity index (χ1v) is 14.6. The largest absolute Gasteiger partial charge is 0.493 e. The van der Waals surface area contributed by atoms with Crippen molar-refractivity contribution in [1.82, 2.24) is 9.97 Å². The number of hydrogen-bond donors (Lipinski definition) is 1. The van der Waals surface area contributed by atoms with Gasteiger partial charge in [0, 0.05) is 16.9 Å². The number of nitrogens with zero attached hydrogens (tertiary/aromatic N) is 1. The summed E-state index contributed by atoms with van der Waals surface area (Å²) >= 11 is 5.29. The first kappa shape index (κ1) is 26.8. The minimum atomic E-state index is -0.0782. The van der Waals surface area contributed by atoms with E-state index in [-0.39, 0.29) is 11.0 Å². The third-order valence-electron chi connectivity index (χ3n) is 7.19. The van der Waals surface area contributed by atoms with Crippen LogP contribution in [-0.4, -0.2) is 30.3 Å². The summed E-state index contributed by atoms with van der Waals surface area (Å²) in [5.74, 6) is 3.16. The second-order valence-electron chi connectivity index (χ2n) is 10.8. The Hall–Kier alpha value is -2.84. The van der Waals surface area contributed by atoms with Crippen LogP contribution in [0.5, 0.6) is 17.2 Å². The van der Waals surface area contributed by atoms with Crippen LogP contribution in [0, 0.1) is 11.3 Å². The third kappa shape index (κ3) is 5.61. The van der Waals surface area contributed by atoms with Gasteiger partial charge in [0.2, 0.25) is 0 Å². The Morgan fingerprint density at radius 3 is 2.63 bits per heavy atom. The lowest BCUT2D eigenvalue weighted by Crippen LogP contribution is -2.26. The molecule has 0 aliphatic heterocycles. The minimum Gasteiger partial charge on any atom is -0.493 e. The van der Waals surface area contributed by atoms with Gasteiger partial charge in [-0.2, -0.15) is 0 Å². The number of methoxy groups -OCH3 is 1. The highest BCUT2D eigenvalue weighted by atomic mass is 79.9. The van der Waals surface area contributed by atoms with E-state index in [1.807, 2.05) is 42.5 Å². The molecule has 0 saturated carbocycles. The van der Waals surface area contributed by atoms with Gasteiger partial charge in [-0.05, 0) is 76.4 Å². The summed E-state index contributed by atoms with van der Waals surface area (Å²) in [5.41, 5.74) is 2.11. The van der Waals surface area contributed by atoms with Gasteiger partial charge < -0.3 is 19.2 Å². The number of H-pyrrole nitrogens is 1. The lowest BCUT2D eigenvalue weighted by Gasteiger charge is -2.33. The normalized spacial score (nSPS) is 15.3. The van der Waals surface area contributed by atoms with E-state index in [1.54, 1.807) is 18.4 Å². The fourth-order valence-corrected chi connectivity index (χ4v) is 6.85. The molecule has 1 atom stereocenters. The lowest BCUT2D eigenvalue weighted by atomic mass is 9.72. The van der Waals surface area contributed by atoms with E-state index in [2.05, 4.69) is 41.7 Å². The van der Waals surface area contributed by atoms with E-state index < -0.39 is 0 Å². The van der Waals surface area contributed by atoms with Crippen LogP contribution < -0.4 is 19.8 Å². The number of aromatic amines is 1. The van der Waals surface area contributed by atoms with Crippen LogP contribution in [0.4, 0.5) is 0 Å². The maximum Gasteiger partial charge on any atom is 0.260 e. The van der Waals surface area contributed by atoms with E-state index in [4.69, 9.17) is 19.2 Å². The maximum absolute atomic E-state index is 13.2. The average molecular weight is 598 g/mol. The van der Waals surface area contributed by atoms with Gasteiger partial charge in [0.15, 0.2) is 11.5 Å². The average Bonchev–Trinajstić information content (AvgIpc) is 3.27. The number of rotatable bonds is 8. The summed E-state index contributed by atoms with van der Waals surface area (Å²) in [6.07, 6.45) is 3.77. The molecule has 1 aliphatic rings. The molecule has 0 radical (unpaired) electrons. The van der Waals surface area contributed by atoms with Gasteiger partial charge in [-0.25, -0.2) is 4.98 Å². The Morgan fingerprint density at radius 1 is 1.13 bits per heavy atom. The van der Waals surface area contributed by atoms with Crippen molar-refractivity contribution in [2.75, 3.05) is 20.3 Å². The van der Waals surface area contributed by atoms with Crippen molar-refractivity contribution in [3.63, 3.8) is 0 Å². The Balaban J connectivity index is 1.35. The van der Waals surface area contributed by atoms with Crippen LogP contribution in [0.25, 0.3) is 21.6 Å². The summed E-state index contributed by atoms with van der Waals surface area (Å²) in [4.78, 5) is 23.2. The van der Waals surface area contributed by atoms with Crippen molar-refractivity contribution in [2.24, 2.45) is 11.3 Å². The first-order chi connectivity index (χ1) is 18.2. The zero-order chi connectivity index (χ0) is 26.9. The van der Waals surface area contributed by atoms with Gasteiger partial charge in [0.25, 0.3) is 5.56 Å². The molecule has 0 unspecified atom stereocenters. The second-order valence-corrected chi connectivity index (χ2v) is 12.7. The van der Waals surface area contributed by atoms with E-state index >= 15 is 0 Å². The SMILES string of the molecule is COc1cc(-c2nc3sc4c(c3c(=O)[nH]2)CC[C@@H](C(C)(C)C)C4)cc(Br)c1OCCCOc1ccccc1. The summed E-state index contributed by atoms with van der Waals surface area (Å²) < 4.78 is 18.1. The quantitative estimate of drug-likeness (QED) is 0.214. The molecule has 6 nitrogen and oxygen atoms in total. The van der Waals surface area contributed by atoms with Crippen LogP contribution in [-0.2, 0) is 12.8 Å². The van der Waals surface area contributed by atoms with Crippen LogP contribution in [0.2, 0.25) is 0 Å². The molecule has 4 aromatic rings. The number of halogens is 1. The molecular weight excluding hydrogens is 564 g/mol. The Labute approximate surface area is 235 Å². The number of ether oxygens (including phenoxy) is 3. The number of fused-ring (bicyclic) bond motifs is 3. The van der Waals surface area contributed by atoms with Gasteiger partial charge in [-0.1, -0.05) is 39.0 Å². The molecule has 0 amide bonds. The van der Waals surface area contributed by atoms with Crippen LogP contribution >= 0.6 is 27.3 Å². The van der Waals surface area contributed by atoms with Crippen LogP contribution in [0.1, 0.15) is 44.1 Å². The predicted octanol–water partition coefficient (Wildman–Crippen LogP) is 7.42. The third-order valence-corrected chi connectivity index (χ3v) is 8.93. The second kappa shape index (κ2) is 11.1. The van der Waals surface area contributed by atoms with Crippen molar-refractivity contribution in [3.8, 4) is 28.6 Å². The van der Waals surface area contributed by atoms with Crippen LogP contribution in [0.15, 0.2) is 51.7 Å². The van der Waals surface area contributed by atoms with Gasteiger partial charge in [-0.15, -0.1) is 11.3 Å². The molecule has 0 bridgehead atoms. The fraction of sp³-hybridized carbons (Fsp3) is 0.400. The summed E-state index contributed by atoms with van der Waals surface area (Å²) in [5, 5.41) is 0.754. The van der Waals surface area contributed by atoms with Gasteiger partial charge in [0.1, 0.15) is 16.4 Å². The van der Waals surface area contributed by atoms with Gasteiger partial charge >= 0.3 is 0 Å². The van der Waals surface area contributed by atoms with Gasteiger partial charge in [0.05, 0.1) is 30.2 Å². The molecule has 2 aromatic carbocycles. The lowest BCUT2D eigenvalue weighted by molar-refractivity contribution is 0.218. The number of thiophene rings is 1.